The molecule has 2 bridgehead atoms. The van der Waals surface area contributed by atoms with Crippen molar-refractivity contribution in [3.05, 3.63) is 6.33 Å². The van der Waals surface area contributed by atoms with E-state index in [1.807, 2.05) is 0 Å². The first kappa shape index (κ1) is 11.9. The summed E-state index contributed by atoms with van der Waals surface area (Å²) in [5.41, 5.74) is 7.27. The maximum atomic E-state index is 6.00. The average molecular weight is 273 g/mol. The molecule has 6 nitrogen and oxygen atoms in total. The predicted octanol–water partition coefficient (Wildman–Crippen LogP) is 2.14. The van der Waals surface area contributed by atoms with Crippen LogP contribution in [0.25, 0.3) is 11.2 Å². The summed E-state index contributed by atoms with van der Waals surface area (Å²) >= 11 is 0. The van der Waals surface area contributed by atoms with Crippen LogP contribution in [0.15, 0.2) is 6.33 Å². The Bertz CT molecular complexity index is 654. The Labute approximate surface area is 117 Å². The van der Waals surface area contributed by atoms with Gasteiger partial charge >= 0.3 is 0 Å². The van der Waals surface area contributed by atoms with E-state index >= 15 is 0 Å². The first-order valence-corrected chi connectivity index (χ1v) is 7.23. The average Bonchev–Trinajstić information content (AvgIpc) is 3.10. The highest BCUT2D eigenvalue weighted by molar-refractivity contribution is 5.76. The molecule has 2 saturated carbocycles. The van der Waals surface area contributed by atoms with Crippen molar-refractivity contribution in [2.24, 2.45) is 17.3 Å². The molecule has 2 aliphatic rings. The number of nitrogens with one attached hydrogen (secondary N) is 1. The van der Waals surface area contributed by atoms with Crippen molar-refractivity contribution in [1.82, 2.24) is 19.9 Å². The van der Waals surface area contributed by atoms with E-state index < -0.39 is 0 Å². The van der Waals surface area contributed by atoms with Crippen LogP contribution in [0.3, 0.4) is 0 Å². The fourth-order valence-corrected chi connectivity index (χ4v) is 4.06. The predicted molar refractivity (Wildman–Crippen MR) is 75.1 cm³/mol. The molecule has 2 heterocycles. The molecule has 0 aliphatic heterocycles. The Balaban J connectivity index is 1.58. The zero-order chi connectivity index (χ0) is 13.7. The van der Waals surface area contributed by atoms with Crippen LogP contribution >= 0.6 is 0 Å². The van der Waals surface area contributed by atoms with Crippen molar-refractivity contribution in [1.29, 1.82) is 0 Å². The molecule has 20 heavy (non-hydrogen) atoms. The molecule has 0 radical (unpaired) electrons. The van der Waals surface area contributed by atoms with Crippen LogP contribution in [0, 0.1) is 17.3 Å². The van der Waals surface area contributed by atoms with Gasteiger partial charge in [0.2, 0.25) is 11.8 Å². The number of anilines is 1. The third-order valence-corrected chi connectivity index (χ3v) is 5.09. The number of H-pyrrole nitrogens is 1. The second-order valence-corrected chi connectivity index (χ2v) is 6.51. The lowest BCUT2D eigenvalue weighted by Crippen LogP contribution is -2.31. The Morgan fingerprint density at radius 3 is 3.10 bits per heavy atom. The molecule has 2 aromatic rings. The highest BCUT2D eigenvalue weighted by atomic mass is 16.5. The minimum atomic E-state index is 0.206. The normalized spacial score (nSPS) is 32.0. The summed E-state index contributed by atoms with van der Waals surface area (Å²) < 4.78 is 6.00. The molecule has 3 atom stereocenters. The Morgan fingerprint density at radius 1 is 1.45 bits per heavy atom. The molecule has 0 spiro atoms. The topological polar surface area (TPSA) is 89.7 Å². The van der Waals surface area contributed by atoms with E-state index in [9.17, 15) is 0 Å². The highest BCUT2D eigenvalue weighted by Crippen LogP contribution is 2.55. The maximum Gasteiger partial charge on any atom is 0.245 e. The molecule has 106 valence electrons. The quantitative estimate of drug-likeness (QED) is 0.894. The lowest BCUT2D eigenvalue weighted by molar-refractivity contribution is 0.0961. The molecule has 0 amide bonds. The first-order chi connectivity index (χ1) is 9.64. The fraction of sp³-hybridized carbons (Fsp3) is 0.643. The number of ether oxygens (including phenoxy) is 1. The molecule has 3 unspecified atom stereocenters. The number of nitrogens with zero attached hydrogens (tertiary/aromatic N) is 3. The molecule has 6 heteroatoms. The number of nitrogens with two attached hydrogens (primary N) is 1. The molecule has 4 rings (SSSR count). The second-order valence-electron chi connectivity index (χ2n) is 6.51. The number of aromatic amines is 1. The van der Waals surface area contributed by atoms with Gasteiger partial charge in [-0.1, -0.05) is 13.3 Å². The minimum absolute atomic E-state index is 0.206. The van der Waals surface area contributed by atoms with Crippen molar-refractivity contribution < 1.29 is 4.74 Å². The van der Waals surface area contributed by atoms with Crippen LogP contribution in [0.5, 0.6) is 5.88 Å². The number of imidazole rings is 1. The van der Waals surface area contributed by atoms with E-state index in [0.717, 1.165) is 17.4 Å². The number of hydrogen-bond donors (Lipinski definition) is 2. The molecule has 0 saturated heterocycles. The SMILES string of the molecule is CC1(COc2nc(N)nc3nc[nH]c23)CC2CCC1C2. The van der Waals surface area contributed by atoms with Crippen LogP contribution in [0.4, 0.5) is 5.95 Å². The Morgan fingerprint density at radius 2 is 2.35 bits per heavy atom. The van der Waals surface area contributed by atoms with Gasteiger partial charge in [-0.25, -0.2) is 4.98 Å². The largest absolute Gasteiger partial charge is 0.475 e. The highest BCUT2D eigenvalue weighted by Gasteiger charge is 2.48. The van der Waals surface area contributed by atoms with Gasteiger partial charge in [0.1, 0.15) is 5.52 Å². The van der Waals surface area contributed by atoms with Gasteiger partial charge < -0.3 is 15.5 Å². The second kappa shape index (κ2) is 4.07. The number of nitrogen functional groups attached to an aromatic ring is 1. The minimum Gasteiger partial charge on any atom is -0.475 e. The zero-order valence-corrected chi connectivity index (χ0v) is 11.6. The zero-order valence-electron chi connectivity index (χ0n) is 11.6. The number of rotatable bonds is 3. The van der Waals surface area contributed by atoms with E-state index in [1.54, 1.807) is 6.33 Å². The van der Waals surface area contributed by atoms with Gasteiger partial charge in [0, 0.05) is 5.41 Å². The van der Waals surface area contributed by atoms with E-state index in [-0.39, 0.29) is 11.4 Å². The Hall–Kier alpha value is -1.85. The Kier molecular flexibility index (Phi) is 2.43. The van der Waals surface area contributed by atoms with Crippen LogP contribution in [0.2, 0.25) is 0 Å². The lowest BCUT2D eigenvalue weighted by atomic mass is 9.75. The summed E-state index contributed by atoms with van der Waals surface area (Å²) in [6.45, 7) is 3.03. The number of aromatic nitrogens is 4. The maximum absolute atomic E-state index is 6.00. The van der Waals surface area contributed by atoms with Gasteiger partial charge in [-0.2, -0.15) is 9.97 Å². The van der Waals surface area contributed by atoms with Gasteiger partial charge in [-0.15, -0.1) is 0 Å². The van der Waals surface area contributed by atoms with Crippen molar-refractivity contribution >= 4 is 17.1 Å². The molecular formula is C14H19N5O. The summed E-state index contributed by atoms with van der Waals surface area (Å²) in [4.78, 5) is 15.4. The molecule has 2 fully saturated rings. The summed E-state index contributed by atoms with van der Waals surface area (Å²) in [5, 5.41) is 0. The van der Waals surface area contributed by atoms with E-state index in [2.05, 4.69) is 26.9 Å². The van der Waals surface area contributed by atoms with Crippen molar-refractivity contribution in [2.45, 2.75) is 32.6 Å². The van der Waals surface area contributed by atoms with Crippen LogP contribution in [-0.4, -0.2) is 26.5 Å². The van der Waals surface area contributed by atoms with Crippen LogP contribution < -0.4 is 10.5 Å². The lowest BCUT2D eigenvalue weighted by Gasteiger charge is -2.33. The van der Waals surface area contributed by atoms with Gasteiger partial charge in [-0.05, 0) is 31.1 Å². The van der Waals surface area contributed by atoms with Gasteiger partial charge in [0.15, 0.2) is 5.65 Å². The molecule has 0 aromatic carbocycles. The number of fused-ring (bicyclic) bond motifs is 3. The standard InChI is InChI=1S/C14H19N5O/c1-14(5-8-2-3-9(14)4-8)6-20-12-10-11(17-7-16-10)18-13(15)19-12/h7-9H,2-6H2,1H3,(H3,15,16,17,18,19). The smallest absolute Gasteiger partial charge is 0.245 e. The van der Waals surface area contributed by atoms with Crippen molar-refractivity contribution in [2.75, 3.05) is 12.3 Å². The van der Waals surface area contributed by atoms with Gasteiger partial charge in [0.05, 0.1) is 12.9 Å². The third kappa shape index (κ3) is 1.74. The molecule has 2 aliphatic carbocycles. The van der Waals surface area contributed by atoms with Crippen molar-refractivity contribution in [3.8, 4) is 5.88 Å². The van der Waals surface area contributed by atoms with E-state index in [4.69, 9.17) is 10.5 Å². The molecule has 2 aromatic heterocycles. The first-order valence-electron chi connectivity index (χ1n) is 7.23. The van der Waals surface area contributed by atoms with Crippen LogP contribution in [0.1, 0.15) is 32.6 Å². The third-order valence-electron chi connectivity index (χ3n) is 5.09. The summed E-state index contributed by atoms with van der Waals surface area (Å²) in [5.74, 6) is 2.42. The number of hydrogen-bond acceptors (Lipinski definition) is 5. The summed E-state index contributed by atoms with van der Waals surface area (Å²) in [6.07, 6.45) is 6.96. The van der Waals surface area contributed by atoms with E-state index in [0.29, 0.717) is 18.1 Å². The summed E-state index contributed by atoms with van der Waals surface area (Å²) in [7, 11) is 0. The van der Waals surface area contributed by atoms with Gasteiger partial charge in [-0.3, -0.25) is 0 Å². The molecule has 3 N–H and O–H groups in total. The van der Waals surface area contributed by atoms with Crippen molar-refractivity contribution in [3.63, 3.8) is 0 Å². The fourth-order valence-electron chi connectivity index (χ4n) is 4.06. The monoisotopic (exact) mass is 273 g/mol. The molecular weight excluding hydrogens is 254 g/mol. The van der Waals surface area contributed by atoms with Crippen LogP contribution in [-0.2, 0) is 0 Å². The van der Waals surface area contributed by atoms with E-state index in [1.165, 1.54) is 25.7 Å². The summed E-state index contributed by atoms with van der Waals surface area (Å²) in [6, 6.07) is 0. The van der Waals surface area contributed by atoms with Gasteiger partial charge in [0.25, 0.3) is 0 Å².